The number of nitrogens with one attached hydrogen (secondary N) is 1. The van der Waals surface area contributed by atoms with Gasteiger partial charge in [0.1, 0.15) is 5.75 Å². The first kappa shape index (κ1) is 19.3. The van der Waals surface area contributed by atoms with Crippen molar-refractivity contribution in [2.45, 2.75) is 13.8 Å². The number of ether oxygens (including phenoxy) is 1. The molecule has 148 valence electrons. The zero-order chi connectivity index (χ0) is 21.1. The molecule has 1 amide bonds. The Labute approximate surface area is 174 Å². The van der Waals surface area contributed by atoms with Crippen molar-refractivity contribution in [1.29, 1.82) is 0 Å². The average molecular weight is 396 g/mol. The molecule has 0 aliphatic rings. The molecule has 3 aromatic carbocycles. The first-order valence-electron chi connectivity index (χ1n) is 9.57. The summed E-state index contributed by atoms with van der Waals surface area (Å²) in [5.74, 6) is -0.364. The van der Waals surface area contributed by atoms with E-state index in [2.05, 4.69) is 10.3 Å². The second-order valence-corrected chi connectivity index (χ2v) is 6.91. The fourth-order valence-electron chi connectivity index (χ4n) is 3.50. The Bertz CT molecular complexity index is 1240. The van der Waals surface area contributed by atoms with Gasteiger partial charge in [-0.05, 0) is 42.3 Å². The normalized spacial score (nSPS) is 10.6. The summed E-state index contributed by atoms with van der Waals surface area (Å²) >= 11 is 0. The molecule has 0 aliphatic carbocycles. The fourth-order valence-corrected chi connectivity index (χ4v) is 3.50. The van der Waals surface area contributed by atoms with Gasteiger partial charge in [-0.15, -0.1) is 0 Å². The molecule has 1 heterocycles. The highest BCUT2D eigenvalue weighted by atomic mass is 16.5. The van der Waals surface area contributed by atoms with E-state index in [1.807, 2.05) is 60.7 Å². The Balaban J connectivity index is 1.82. The van der Waals surface area contributed by atoms with Crippen LogP contribution in [0.3, 0.4) is 0 Å². The van der Waals surface area contributed by atoms with Crippen LogP contribution in [0.2, 0.25) is 0 Å². The number of hydrogen-bond acceptors (Lipinski definition) is 4. The molecule has 0 atom stereocenters. The molecular formula is C25H20N2O3. The number of anilines is 1. The van der Waals surface area contributed by atoms with E-state index in [4.69, 9.17) is 4.74 Å². The molecule has 30 heavy (non-hydrogen) atoms. The van der Waals surface area contributed by atoms with E-state index < -0.39 is 5.97 Å². The topological polar surface area (TPSA) is 68.3 Å². The molecule has 1 aromatic heterocycles. The van der Waals surface area contributed by atoms with E-state index in [9.17, 15) is 9.59 Å². The summed E-state index contributed by atoms with van der Waals surface area (Å²) in [4.78, 5) is 29.3. The molecule has 0 radical (unpaired) electrons. The van der Waals surface area contributed by atoms with E-state index in [-0.39, 0.29) is 5.91 Å². The smallest absolute Gasteiger partial charge is 0.308 e. The van der Waals surface area contributed by atoms with E-state index in [1.54, 1.807) is 25.3 Å². The van der Waals surface area contributed by atoms with Crippen LogP contribution in [0.5, 0.6) is 5.75 Å². The molecule has 0 unspecified atom stereocenters. The number of nitrogens with zero attached hydrogens (tertiary/aromatic N) is 1. The van der Waals surface area contributed by atoms with Crippen LogP contribution >= 0.6 is 0 Å². The third kappa shape index (κ3) is 3.78. The predicted octanol–water partition coefficient (Wildman–Crippen LogP) is 5.39. The number of carbonyl (C=O) groups excluding carboxylic acids is 2. The largest absolute Gasteiger partial charge is 0.426 e. The van der Waals surface area contributed by atoms with Crippen molar-refractivity contribution in [3.63, 3.8) is 0 Å². The minimum absolute atomic E-state index is 0.293. The quantitative estimate of drug-likeness (QED) is 0.371. The van der Waals surface area contributed by atoms with Crippen LogP contribution in [0, 0.1) is 6.92 Å². The summed E-state index contributed by atoms with van der Waals surface area (Å²) < 4.78 is 5.32. The zero-order valence-corrected chi connectivity index (χ0v) is 16.7. The number of pyridine rings is 1. The van der Waals surface area contributed by atoms with Crippen LogP contribution in [-0.4, -0.2) is 16.9 Å². The number of amides is 1. The molecule has 0 spiro atoms. The van der Waals surface area contributed by atoms with Gasteiger partial charge in [0, 0.05) is 24.1 Å². The van der Waals surface area contributed by atoms with Crippen molar-refractivity contribution >= 4 is 28.5 Å². The summed E-state index contributed by atoms with van der Waals surface area (Å²) in [6.45, 7) is 3.12. The fraction of sp³-hybridized carbons (Fsp3) is 0.0800. The maximum absolute atomic E-state index is 13.4. The van der Waals surface area contributed by atoms with Gasteiger partial charge in [-0.25, -0.2) is 0 Å². The van der Waals surface area contributed by atoms with Crippen LogP contribution in [0.15, 0.2) is 79.0 Å². The Morgan fingerprint density at radius 3 is 2.43 bits per heavy atom. The third-order valence-electron chi connectivity index (χ3n) is 4.86. The SMILES string of the molecule is CC(=O)Oc1ccc(-c2ccccc2)c(C(=O)Nc2cccc3cccnc23)c1C. The zero-order valence-electron chi connectivity index (χ0n) is 16.7. The van der Waals surface area contributed by atoms with Crippen LogP contribution in [0.25, 0.3) is 22.0 Å². The van der Waals surface area contributed by atoms with Gasteiger partial charge in [0.15, 0.2) is 0 Å². The van der Waals surface area contributed by atoms with Crippen LogP contribution in [0.4, 0.5) is 5.69 Å². The molecule has 0 aliphatic heterocycles. The van der Waals surface area contributed by atoms with E-state index >= 15 is 0 Å². The second kappa shape index (κ2) is 8.17. The first-order valence-corrected chi connectivity index (χ1v) is 9.57. The Morgan fingerprint density at radius 1 is 0.900 bits per heavy atom. The van der Waals surface area contributed by atoms with Crippen LogP contribution < -0.4 is 10.1 Å². The van der Waals surface area contributed by atoms with E-state index in [0.717, 1.165) is 16.5 Å². The van der Waals surface area contributed by atoms with Crippen LogP contribution in [0.1, 0.15) is 22.8 Å². The Hall–Kier alpha value is -3.99. The lowest BCUT2D eigenvalue weighted by Crippen LogP contribution is -2.16. The number of carbonyl (C=O) groups is 2. The molecule has 4 aromatic rings. The highest BCUT2D eigenvalue weighted by molar-refractivity contribution is 6.12. The van der Waals surface area contributed by atoms with Gasteiger partial charge in [0.2, 0.25) is 0 Å². The molecule has 0 saturated heterocycles. The van der Waals surface area contributed by atoms with Crippen molar-refractivity contribution < 1.29 is 14.3 Å². The van der Waals surface area contributed by atoms with Gasteiger partial charge in [-0.2, -0.15) is 0 Å². The van der Waals surface area contributed by atoms with Crippen molar-refractivity contribution in [2.24, 2.45) is 0 Å². The van der Waals surface area contributed by atoms with Crippen molar-refractivity contribution in [3.05, 3.63) is 90.1 Å². The van der Waals surface area contributed by atoms with Gasteiger partial charge in [0.25, 0.3) is 5.91 Å². The van der Waals surface area contributed by atoms with Gasteiger partial charge in [-0.3, -0.25) is 14.6 Å². The minimum atomic E-state index is -0.435. The number of para-hydroxylation sites is 1. The van der Waals surface area contributed by atoms with Gasteiger partial charge in [-0.1, -0.05) is 48.5 Å². The number of rotatable bonds is 4. The predicted molar refractivity (Wildman–Crippen MR) is 118 cm³/mol. The summed E-state index contributed by atoms with van der Waals surface area (Å²) in [7, 11) is 0. The highest BCUT2D eigenvalue weighted by Crippen LogP contribution is 2.33. The standard InChI is InChI=1S/C25H20N2O3/c1-16-22(30-17(2)28)14-13-20(18-8-4-3-5-9-18)23(16)25(29)27-21-12-6-10-19-11-7-15-26-24(19)21/h3-15H,1-2H3,(H,27,29). The van der Waals surface area contributed by atoms with E-state index in [1.165, 1.54) is 6.92 Å². The van der Waals surface area contributed by atoms with E-state index in [0.29, 0.717) is 28.1 Å². The lowest BCUT2D eigenvalue weighted by molar-refractivity contribution is -0.131. The summed E-state index contributed by atoms with van der Waals surface area (Å²) in [6, 6.07) is 22.6. The van der Waals surface area contributed by atoms with Gasteiger partial charge >= 0.3 is 5.97 Å². The van der Waals surface area contributed by atoms with Crippen molar-refractivity contribution in [3.8, 4) is 16.9 Å². The number of esters is 1. The van der Waals surface area contributed by atoms with Gasteiger partial charge in [0.05, 0.1) is 16.8 Å². The maximum Gasteiger partial charge on any atom is 0.308 e. The average Bonchev–Trinajstić information content (AvgIpc) is 2.75. The van der Waals surface area contributed by atoms with Crippen molar-refractivity contribution in [1.82, 2.24) is 4.98 Å². The highest BCUT2D eigenvalue weighted by Gasteiger charge is 2.20. The molecule has 0 saturated carbocycles. The molecule has 5 heteroatoms. The first-order chi connectivity index (χ1) is 14.5. The summed E-state index contributed by atoms with van der Waals surface area (Å²) in [6.07, 6.45) is 1.69. The molecule has 4 rings (SSSR count). The second-order valence-electron chi connectivity index (χ2n) is 6.91. The Kier molecular flexibility index (Phi) is 5.26. The molecule has 5 nitrogen and oxygen atoms in total. The van der Waals surface area contributed by atoms with Gasteiger partial charge < -0.3 is 10.1 Å². The number of aromatic nitrogens is 1. The molecule has 0 fully saturated rings. The summed E-state index contributed by atoms with van der Waals surface area (Å²) in [5.41, 5.74) is 4.04. The van der Waals surface area contributed by atoms with Crippen LogP contribution in [-0.2, 0) is 4.79 Å². The summed E-state index contributed by atoms with van der Waals surface area (Å²) in [5, 5.41) is 3.93. The number of benzene rings is 3. The third-order valence-corrected chi connectivity index (χ3v) is 4.86. The molecule has 0 bridgehead atoms. The Morgan fingerprint density at radius 2 is 1.67 bits per heavy atom. The molecular weight excluding hydrogens is 376 g/mol. The minimum Gasteiger partial charge on any atom is -0.426 e. The monoisotopic (exact) mass is 396 g/mol. The number of fused-ring (bicyclic) bond motifs is 1. The number of hydrogen-bond donors (Lipinski definition) is 1. The molecule has 1 N–H and O–H groups in total. The lowest BCUT2D eigenvalue weighted by atomic mass is 9.94. The van der Waals surface area contributed by atoms with Crippen molar-refractivity contribution in [2.75, 3.05) is 5.32 Å². The maximum atomic E-state index is 13.4. The lowest BCUT2D eigenvalue weighted by Gasteiger charge is -2.16.